The van der Waals surface area contributed by atoms with Gasteiger partial charge in [0.2, 0.25) is 5.91 Å². The molecule has 0 bridgehead atoms. The lowest BCUT2D eigenvalue weighted by molar-refractivity contribution is -0.114. The number of carbonyl (C=O) groups is 2. The molecule has 1 aliphatic heterocycles. The van der Waals surface area contributed by atoms with Gasteiger partial charge in [-0.1, -0.05) is 42.0 Å². The van der Waals surface area contributed by atoms with E-state index in [0.29, 0.717) is 25.5 Å². The minimum atomic E-state index is -4.14. The molecule has 206 valence electrons. The summed E-state index contributed by atoms with van der Waals surface area (Å²) in [5, 5.41) is 5.58. The molecule has 9 nitrogen and oxygen atoms in total. The van der Waals surface area contributed by atoms with Crippen LogP contribution in [0.1, 0.15) is 35.7 Å². The minimum Gasteiger partial charge on any atom is -0.492 e. The molecule has 4 rings (SSSR count). The topological polar surface area (TPSA) is 114 Å². The van der Waals surface area contributed by atoms with Crippen molar-refractivity contribution in [3.8, 4) is 5.75 Å². The van der Waals surface area contributed by atoms with E-state index in [0.717, 1.165) is 22.7 Å². The maximum absolute atomic E-state index is 13.8. The van der Waals surface area contributed by atoms with Crippen LogP contribution in [-0.4, -0.2) is 52.6 Å². The number of anilines is 2. The number of nitrogens with zero attached hydrogens (tertiary/aromatic N) is 1. The highest BCUT2D eigenvalue weighted by Gasteiger charge is 2.30. The van der Waals surface area contributed by atoms with Gasteiger partial charge in [-0.15, -0.1) is 0 Å². The summed E-state index contributed by atoms with van der Waals surface area (Å²) >= 11 is 0. The van der Waals surface area contributed by atoms with Crippen molar-refractivity contribution in [2.75, 3.05) is 35.9 Å². The van der Waals surface area contributed by atoms with Crippen LogP contribution >= 0.6 is 0 Å². The Bertz CT molecular complexity index is 1400. The van der Waals surface area contributed by atoms with Crippen molar-refractivity contribution in [2.45, 2.75) is 37.7 Å². The molecule has 0 radical (unpaired) electrons. The quantitative estimate of drug-likeness (QED) is 0.370. The number of rotatable bonds is 11. The van der Waals surface area contributed by atoms with Gasteiger partial charge in [0.05, 0.1) is 34.5 Å². The highest BCUT2D eigenvalue weighted by molar-refractivity contribution is 7.92. The molecule has 3 aromatic rings. The van der Waals surface area contributed by atoms with Gasteiger partial charge in [-0.25, -0.2) is 8.42 Å². The predicted molar refractivity (Wildman–Crippen MR) is 150 cm³/mol. The average Bonchev–Trinajstić information content (AvgIpc) is 3.45. The van der Waals surface area contributed by atoms with Crippen LogP contribution in [0.3, 0.4) is 0 Å². The molecule has 1 atom stereocenters. The van der Waals surface area contributed by atoms with Gasteiger partial charge in [-0.3, -0.25) is 13.9 Å². The van der Waals surface area contributed by atoms with Gasteiger partial charge in [-0.2, -0.15) is 0 Å². The maximum Gasteiger partial charge on any atom is 0.264 e. The number of amides is 2. The molecule has 1 saturated heterocycles. The van der Waals surface area contributed by atoms with Crippen LogP contribution in [0.4, 0.5) is 11.4 Å². The Morgan fingerprint density at radius 1 is 1.03 bits per heavy atom. The van der Waals surface area contributed by atoms with Crippen molar-refractivity contribution in [3.63, 3.8) is 0 Å². The van der Waals surface area contributed by atoms with E-state index in [2.05, 4.69) is 10.6 Å². The number of benzene rings is 3. The van der Waals surface area contributed by atoms with Crippen molar-refractivity contribution in [3.05, 3.63) is 83.9 Å². The fraction of sp³-hybridized carbons (Fsp3) is 0.310. The zero-order valence-corrected chi connectivity index (χ0v) is 22.9. The van der Waals surface area contributed by atoms with Gasteiger partial charge >= 0.3 is 0 Å². The number of para-hydroxylation sites is 3. The van der Waals surface area contributed by atoms with E-state index in [-0.39, 0.29) is 33.8 Å². The van der Waals surface area contributed by atoms with E-state index >= 15 is 0 Å². The molecule has 10 heteroatoms. The lowest BCUT2D eigenvalue weighted by Gasteiger charge is -2.26. The summed E-state index contributed by atoms with van der Waals surface area (Å²) in [6, 6.07) is 19.7. The van der Waals surface area contributed by atoms with Crippen molar-refractivity contribution >= 4 is 33.2 Å². The second-order valence-corrected chi connectivity index (χ2v) is 11.0. The summed E-state index contributed by atoms with van der Waals surface area (Å²) in [4.78, 5) is 26.3. The van der Waals surface area contributed by atoms with Crippen LogP contribution in [0.25, 0.3) is 0 Å². The Kier molecular flexibility index (Phi) is 9.21. The number of sulfonamides is 1. The third-order valence-corrected chi connectivity index (χ3v) is 8.06. The Hall–Kier alpha value is -3.89. The number of ether oxygens (including phenoxy) is 2. The molecular weight excluding hydrogens is 518 g/mol. The summed E-state index contributed by atoms with van der Waals surface area (Å²) in [7, 11) is -4.14. The van der Waals surface area contributed by atoms with Crippen LogP contribution in [0.2, 0.25) is 0 Å². The molecular formula is C29H33N3O6S. The molecule has 2 amide bonds. The van der Waals surface area contributed by atoms with Crippen LogP contribution in [0.5, 0.6) is 5.75 Å². The molecule has 0 aromatic heterocycles. The van der Waals surface area contributed by atoms with Crippen LogP contribution in [0, 0.1) is 6.92 Å². The Balaban J connectivity index is 1.59. The van der Waals surface area contributed by atoms with Crippen LogP contribution < -0.4 is 19.7 Å². The van der Waals surface area contributed by atoms with Gasteiger partial charge in [0.15, 0.2) is 0 Å². The van der Waals surface area contributed by atoms with Crippen molar-refractivity contribution in [1.29, 1.82) is 0 Å². The molecule has 0 unspecified atom stereocenters. The number of aryl methyl sites for hydroxylation is 1. The zero-order valence-electron chi connectivity index (χ0n) is 22.1. The molecule has 1 aliphatic rings. The molecule has 39 heavy (non-hydrogen) atoms. The fourth-order valence-electron chi connectivity index (χ4n) is 4.30. The molecule has 3 aromatic carbocycles. The molecule has 1 fully saturated rings. The number of hydrogen-bond donors (Lipinski definition) is 2. The van der Waals surface area contributed by atoms with E-state index in [4.69, 9.17) is 9.47 Å². The Labute approximate surface area is 229 Å². The standard InChI is InChI=1S/C29H33N3O6S/c1-3-37-27-13-7-6-12-26(27)32(39(35,36)23-16-14-21(2)15-17-23)20-28(33)31-25-11-5-4-10-24(25)29(34)30-19-22-9-8-18-38-22/h4-7,10-17,22H,3,8-9,18-20H2,1-2H3,(H,30,34)(H,31,33)/t22-/m0/s1. The third kappa shape index (κ3) is 6.96. The van der Waals surface area contributed by atoms with E-state index < -0.39 is 22.5 Å². The average molecular weight is 552 g/mol. The first-order valence-electron chi connectivity index (χ1n) is 12.9. The molecule has 1 heterocycles. The summed E-state index contributed by atoms with van der Waals surface area (Å²) < 4.78 is 39.9. The van der Waals surface area contributed by atoms with Crippen LogP contribution in [-0.2, 0) is 19.6 Å². The minimum absolute atomic E-state index is 0.0262. The number of nitrogens with one attached hydrogen (secondary N) is 2. The van der Waals surface area contributed by atoms with E-state index in [1.54, 1.807) is 67.6 Å². The second kappa shape index (κ2) is 12.8. The van der Waals surface area contributed by atoms with Gasteiger partial charge in [0.25, 0.3) is 15.9 Å². The van der Waals surface area contributed by atoms with Crippen LogP contribution in [0.15, 0.2) is 77.7 Å². The smallest absolute Gasteiger partial charge is 0.264 e. The van der Waals surface area contributed by atoms with Gasteiger partial charge < -0.3 is 20.1 Å². The lowest BCUT2D eigenvalue weighted by atomic mass is 10.1. The molecule has 2 N–H and O–H groups in total. The Morgan fingerprint density at radius 2 is 1.74 bits per heavy atom. The second-order valence-electron chi connectivity index (χ2n) is 9.16. The van der Waals surface area contributed by atoms with Gasteiger partial charge in [0, 0.05) is 13.2 Å². The van der Waals surface area contributed by atoms with E-state index in [1.165, 1.54) is 12.1 Å². The van der Waals surface area contributed by atoms with Gasteiger partial charge in [-0.05, 0) is 63.1 Å². The largest absolute Gasteiger partial charge is 0.492 e. The number of carbonyl (C=O) groups excluding carboxylic acids is 2. The van der Waals surface area contributed by atoms with E-state index in [1.807, 2.05) is 6.92 Å². The zero-order chi connectivity index (χ0) is 27.8. The van der Waals surface area contributed by atoms with Crippen molar-refractivity contribution in [2.24, 2.45) is 0 Å². The van der Waals surface area contributed by atoms with E-state index in [9.17, 15) is 18.0 Å². The van der Waals surface area contributed by atoms with Crippen molar-refractivity contribution in [1.82, 2.24) is 5.32 Å². The SMILES string of the molecule is CCOc1ccccc1N(CC(=O)Nc1ccccc1C(=O)NC[C@@H]1CCCO1)S(=O)(=O)c1ccc(C)cc1. The summed E-state index contributed by atoms with van der Waals surface area (Å²) in [5.41, 5.74) is 1.68. The summed E-state index contributed by atoms with van der Waals surface area (Å²) in [6.07, 6.45) is 1.82. The maximum atomic E-state index is 13.8. The fourth-order valence-corrected chi connectivity index (χ4v) is 5.73. The predicted octanol–water partition coefficient (Wildman–Crippen LogP) is 4.14. The normalized spacial score (nSPS) is 15.0. The first-order valence-corrected chi connectivity index (χ1v) is 14.3. The first kappa shape index (κ1) is 28.1. The first-order chi connectivity index (χ1) is 18.8. The molecule has 0 spiro atoms. The lowest BCUT2D eigenvalue weighted by Crippen LogP contribution is -2.39. The Morgan fingerprint density at radius 3 is 2.46 bits per heavy atom. The third-order valence-electron chi connectivity index (χ3n) is 6.29. The van der Waals surface area contributed by atoms with Crippen molar-refractivity contribution < 1.29 is 27.5 Å². The van der Waals surface area contributed by atoms with Gasteiger partial charge in [0.1, 0.15) is 12.3 Å². The summed E-state index contributed by atoms with van der Waals surface area (Å²) in [5.74, 6) is -0.638. The highest BCUT2D eigenvalue weighted by Crippen LogP contribution is 2.32. The summed E-state index contributed by atoms with van der Waals surface area (Å²) in [6.45, 7) is 4.49. The molecule has 0 saturated carbocycles. The monoisotopic (exact) mass is 551 g/mol. The number of hydrogen-bond acceptors (Lipinski definition) is 6. The molecule has 0 aliphatic carbocycles. The highest BCUT2D eigenvalue weighted by atomic mass is 32.2.